The summed E-state index contributed by atoms with van der Waals surface area (Å²) in [5, 5.41) is 0. The van der Waals surface area contributed by atoms with E-state index in [-0.39, 0.29) is 12.4 Å². The maximum atomic E-state index is 5.99. The minimum Gasteiger partial charge on any atom is -0.327 e. The van der Waals surface area contributed by atoms with Crippen LogP contribution in [0.2, 0.25) is 0 Å². The highest BCUT2D eigenvalue weighted by molar-refractivity contribution is 5.85. The van der Waals surface area contributed by atoms with Crippen LogP contribution in [0.5, 0.6) is 0 Å². The van der Waals surface area contributed by atoms with Crippen LogP contribution in [0.15, 0.2) is 0 Å². The lowest BCUT2D eigenvalue weighted by Crippen LogP contribution is -2.57. The van der Waals surface area contributed by atoms with Gasteiger partial charge in [-0.2, -0.15) is 0 Å². The van der Waals surface area contributed by atoms with E-state index in [2.05, 4.69) is 13.8 Å². The van der Waals surface area contributed by atoms with Crippen LogP contribution in [-0.4, -0.2) is 6.04 Å². The molecule has 0 aromatic carbocycles. The lowest BCUT2D eigenvalue weighted by Gasteiger charge is -2.59. The molecule has 66 valence electrons. The van der Waals surface area contributed by atoms with E-state index < -0.39 is 0 Å². The summed E-state index contributed by atoms with van der Waals surface area (Å²) in [5.41, 5.74) is 6.57. The van der Waals surface area contributed by atoms with E-state index in [1.165, 1.54) is 19.3 Å². The minimum atomic E-state index is 0. The molecule has 0 heterocycles. The van der Waals surface area contributed by atoms with Crippen LogP contribution >= 0.6 is 12.4 Å². The van der Waals surface area contributed by atoms with Crippen molar-refractivity contribution in [1.82, 2.24) is 0 Å². The number of hydrogen-bond acceptors (Lipinski definition) is 1. The second-order valence-corrected chi connectivity index (χ2v) is 4.60. The molecule has 3 aliphatic rings. The summed E-state index contributed by atoms with van der Waals surface area (Å²) in [6, 6.07) is 0.514. The molecular formula is C9H18ClN. The zero-order valence-electron chi connectivity index (χ0n) is 7.34. The number of hydrogen-bond donors (Lipinski definition) is 1. The summed E-state index contributed by atoms with van der Waals surface area (Å²) in [7, 11) is 0. The molecule has 3 unspecified atom stereocenters. The first-order chi connectivity index (χ1) is 4.62. The highest BCUT2D eigenvalue weighted by Crippen LogP contribution is 2.58. The van der Waals surface area contributed by atoms with Gasteiger partial charge in [-0.15, -0.1) is 12.4 Å². The van der Waals surface area contributed by atoms with Crippen LogP contribution in [0.25, 0.3) is 0 Å². The molecule has 11 heavy (non-hydrogen) atoms. The highest BCUT2D eigenvalue weighted by Gasteiger charge is 2.53. The molecule has 3 atom stereocenters. The van der Waals surface area contributed by atoms with Gasteiger partial charge in [0.1, 0.15) is 0 Å². The summed E-state index contributed by atoms with van der Waals surface area (Å²) in [5.74, 6) is 1.84. The standard InChI is InChI=1S/C9H17N.ClH/c1-9(2)6-3-4-8(10)7(9)5-6;/h6-8H,3-5,10H2,1-2H3;1H. The molecular weight excluding hydrogens is 158 g/mol. The zero-order valence-corrected chi connectivity index (χ0v) is 8.16. The summed E-state index contributed by atoms with van der Waals surface area (Å²) in [6.07, 6.45) is 4.07. The second-order valence-electron chi connectivity index (χ2n) is 4.60. The number of fused-ring (bicyclic) bond motifs is 2. The van der Waals surface area contributed by atoms with Gasteiger partial charge in [0.15, 0.2) is 0 Å². The average molecular weight is 176 g/mol. The van der Waals surface area contributed by atoms with Crippen molar-refractivity contribution in [2.45, 2.75) is 39.2 Å². The number of nitrogens with two attached hydrogens (primary N) is 1. The Labute approximate surface area is 75.1 Å². The van der Waals surface area contributed by atoms with Gasteiger partial charge in [0.25, 0.3) is 0 Å². The fraction of sp³-hybridized carbons (Fsp3) is 1.00. The molecule has 2 N–H and O–H groups in total. The Kier molecular flexibility index (Phi) is 2.24. The molecule has 0 radical (unpaired) electrons. The molecule has 2 bridgehead atoms. The Balaban J connectivity index is 0.000000605. The van der Waals surface area contributed by atoms with E-state index in [1.54, 1.807) is 0 Å². The lowest BCUT2D eigenvalue weighted by atomic mass is 9.47. The molecule has 3 aliphatic carbocycles. The molecule has 0 amide bonds. The van der Waals surface area contributed by atoms with Gasteiger partial charge >= 0.3 is 0 Å². The van der Waals surface area contributed by atoms with Crippen LogP contribution in [0.1, 0.15) is 33.1 Å². The van der Waals surface area contributed by atoms with Crippen LogP contribution in [0, 0.1) is 17.3 Å². The molecule has 3 saturated carbocycles. The Bertz CT molecular complexity index is 154. The third-order valence-electron chi connectivity index (χ3n) is 3.91. The normalized spacial score (nSPS) is 45.5. The van der Waals surface area contributed by atoms with Gasteiger partial charge in [-0.3, -0.25) is 0 Å². The molecule has 2 heteroatoms. The van der Waals surface area contributed by atoms with Crippen molar-refractivity contribution in [1.29, 1.82) is 0 Å². The first-order valence-corrected chi connectivity index (χ1v) is 4.38. The van der Waals surface area contributed by atoms with Gasteiger partial charge in [0.2, 0.25) is 0 Å². The summed E-state index contributed by atoms with van der Waals surface area (Å²) in [6.45, 7) is 4.76. The first-order valence-electron chi connectivity index (χ1n) is 4.38. The topological polar surface area (TPSA) is 26.0 Å². The quantitative estimate of drug-likeness (QED) is 0.600. The summed E-state index contributed by atoms with van der Waals surface area (Å²) >= 11 is 0. The highest BCUT2D eigenvalue weighted by atomic mass is 35.5. The van der Waals surface area contributed by atoms with Crippen molar-refractivity contribution >= 4 is 12.4 Å². The van der Waals surface area contributed by atoms with Crippen molar-refractivity contribution in [2.75, 3.05) is 0 Å². The van der Waals surface area contributed by atoms with Gasteiger partial charge < -0.3 is 5.73 Å². The number of halogens is 1. The fourth-order valence-electron chi connectivity index (χ4n) is 2.87. The van der Waals surface area contributed by atoms with Gasteiger partial charge in [-0.25, -0.2) is 0 Å². The first kappa shape index (κ1) is 9.34. The van der Waals surface area contributed by atoms with Gasteiger partial charge in [0, 0.05) is 6.04 Å². The van der Waals surface area contributed by atoms with Crippen molar-refractivity contribution in [3.05, 3.63) is 0 Å². The van der Waals surface area contributed by atoms with E-state index in [0.717, 1.165) is 11.8 Å². The number of rotatable bonds is 0. The smallest absolute Gasteiger partial charge is 0.00725 e. The van der Waals surface area contributed by atoms with E-state index in [1.807, 2.05) is 0 Å². The summed E-state index contributed by atoms with van der Waals surface area (Å²) < 4.78 is 0. The predicted octanol–water partition coefficient (Wildman–Crippen LogP) is 2.19. The Hall–Kier alpha value is 0.250. The molecule has 0 aromatic heterocycles. The van der Waals surface area contributed by atoms with Crippen LogP contribution in [-0.2, 0) is 0 Å². The van der Waals surface area contributed by atoms with Crippen LogP contribution in [0.4, 0.5) is 0 Å². The fourth-order valence-corrected chi connectivity index (χ4v) is 2.87. The predicted molar refractivity (Wildman–Crippen MR) is 49.8 cm³/mol. The minimum absolute atomic E-state index is 0. The molecule has 0 saturated heterocycles. The van der Waals surface area contributed by atoms with Crippen LogP contribution in [0.3, 0.4) is 0 Å². The van der Waals surface area contributed by atoms with Crippen molar-refractivity contribution in [2.24, 2.45) is 23.0 Å². The van der Waals surface area contributed by atoms with E-state index >= 15 is 0 Å². The maximum absolute atomic E-state index is 5.99. The molecule has 0 spiro atoms. The van der Waals surface area contributed by atoms with E-state index in [9.17, 15) is 0 Å². The second kappa shape index (κ2) is 2.63. The third kappa shape index (κ3) is 1.09. The van der Waals surface area contributed by atoms with E-state index in [0.29, 0.717) is 11.5 Å². The molecule has 3 rings (SSSR count). The average Bonchev–Trinajstić information content (AvgIpc) is 1.87. The van der Waals surface area contributed by atoms with Crippen molar-refractivity contribution < 1.29 is 0 Å². The molecule has 3 fully saturated rings. The Morgan fingerprint density at radius 1 is 1.27 bits per heavy atom. The van der Waals surface area contributed by atoms with Crippen molar-refractivity contribution in [3.63, 3.8) is 0 Å². The van der Waals surface area contributed by atoms with Crippen molar-refractivity contribution in [3.8, 4) is 0 Å². The van der Waals surface area contributed by atoms with Gasteiger partial charge in [-0.05, 0) is 36.5 Å². The van der Waals surface area contributed by atoms with Gasteiger partial charge in [0.05, 0.1) is 0 Å². The SMILES string of the molecule is CC1(C)C2CCC(N)C1C2.Cl. The third-order valence-corrected chi connectivity index (χ3v) is 3.91. The lowest BCUT2D eigenvalue weighted by molar-refractivity contribution is -0.0777. The molecule has 0 aromatic rings. The summed E-state index contributed by atoms with van der Waals surface area (Å²) in [4.78, 5) is 0. The maximum Gasteiger partial charge on any atom is 0.00725 e. The largest absolute Gasteiger partial charge is 0.327 e. The Morgan fingerprint density at radius 3 is 2.18 bits per heavy atom. The monoisotopic (exact) mass is 175 g/mol. The van der Waals surface area contributed by atoms with E-state index in [4.69, 9.17) is 5.73 Å². The zero-order chi connectivity index (χ0) is 7.35. The Morgan fingerprint density at radius 2 is 1.91 bits per heavy atom. The molecule has 0 aliphatic heterocycles. The molecule has 1 nitrogen and oxygen atoms in total. The van der Waals surface area contributed by atoms with Crippen LogP contribution < -0.4 is 5.73 Å². The van der Waals surface area contributed by atoms with Gasteiger partial charge in [-0.1, -0.05) is 13.8 Å².